The first-order valence-electron chi connectivity index (χ1n) is 8.43. The lowest BCUT2D eigenvalue weighted by molar-refractivity contribution is 0.0668. The molecule has 26 heavy (non-hydrogen) atoms. The molecule has 0 saturated heterocycles. The summed E-state index contributed by atoms with van der Waals surface area (Å²) in [6, 6.07) is 14.0. The lowest BCUT2D eigenvalue weighted by Crippen LogP contribution is -2.25. The van der Waals surface area contributed by atoms with Crippen LogP contribution in [0.4, 0.5) is 0 Å². The van der Waals surface area contributed by atoms with Crippen molar-refractivity contribution in [3.8, 4) is 11.4 Å². The molecular formula is C19H16ClN5O. The van der Waals surface area contributed by atoms with Crippen molar-refractivity contribution in [2.45, 2.75) is 19.6 Å². The second-order valence-electron chi connectivity index (χ2n) is 6.47. The molecule has 0 aliphatic carbocycles. The fourth-order valence-corrected chi connectivity index (χ4v) is 3.62. The van der Waals surface area contributed by atoms with Gasteiger partial charge in [0.1, 0.15) is 6.61 Å². The first-order chi connectivity index (χ1) is 12.7. The van der Waals surface area contributed by atoms with Crippen molar-refractivity contribution in [3.63, 3.8) is 0 Å². The lowest BCUT2D eigenvalue weighted by atomic mass is 10.0. The zero-order chi connectivity index (χ0) is 17.7. The van der Waals surface area contributed by atoms with Crippen LogP contribution in [0.5, 0.6) is 0 Å². The molecule has 0 fully saturated rings. The van der Waals surface area contributed by atoms with E-state index in [9.17, 15) is 0 Å². The number of hydrogen-bond acceptors (Lipinski definition) is 4. The van der Waals surface area contributed by atoms with Crippen molar-refractivity contribution in [2.75, 3.05) is 6.61 Å². The van der Waals surface area contributed by atoms with Crippen LogP contribution >= 0.6 is 11.6 Å². The standard InChI is InChI=1S/C19H16ClN5O/c1-11-15-8-13(4-7-16(15)22-21-11)19-24-23-18-10-26-9-17(25(18)19)12-2-5-14(20)6-3-12/h2-8,17H,9-10H2,1H3,(H,21,22)/t17-/m0/s1. The van der Waals surface area contributed by atoms with Gasteiger partial charge >= 0.3 is 0 Å². The maximum absolute atomic E-state index is 6.04. The van der Waals surface area contributed by atoms with Gasteiger partial charge in [-0.25, -0.2) is 0 Å². The molecule has 0 spiro atoms. The lowest BCUT2D eigenvalue weighted by Gasteiger charge is -2.26. The predicted octanol–water partition coefficient (Wildman–Crippen LogP) is 3.90. The summed E-state index contributed by atoms with van der Waals surface area (Å²) in [6.07, 6.45) is 0. The summed E-state index contributed by atoms with van der Waals surface area (Å²) >= 11 is 6.04. The van der Waals surface area contributed by atoms with Gasteiger partial charge in [0.25, 0.3) is 0 Å². The third-order valence-electron chi connectivity index (χ3n) is 4.84. The number of hydrogen-bond donors (Lipinski definition) is 1. The molecule has 0 saturated carbocycles. The maximum atomic E-state index is 6.04. The molecule has 1 aliphatic rings. The fraction of sp³-hybridized carbons (Fsp3) is 0.211. The number of H-pyrrole nitrogens is 1. The average Bonchev–Trinajstić information content (AvgIpc) is 3.26. The number of nitrogens with one attached hydrogen (secondary N) is 1. The maximum Gasteiger partial charge on any atom is 0.164 e. The predicted molar refractivity (Wildman–Crippen MR) is 99.1 cm³/mol. The Morgan fingerprint density at radius 1 is 1.15 bits per heavy atom. The number of fused-ring (bicyclic) bond motifs is 2. The summed E-state index contributed by atoms with van der Waals surface area (Å²) < 4.78 is 7.92. The van der Waals surface area contributed by atoms with Gasteiger partial charge < -0.3 is 4.74 Å². The van der Waals surface area contributed by atoms with Crippen LogP contribution in [0.3, 0.4) is 0 Å². The van der Waals surface area contributed by atoms with Gasteiger partial charge in [0.15, 0.2) is 11.6 Å². The van der Waals surface area contributed by atoms with E-state index in [2.05, 4.69) is 31.0 Å². The monoisotopic (exact) mass is 365 g/mol. The SMILES string of the molecule is Cc1[nH]nc2ccc(-c3nnc4n3[C@H](c3ccc(Cl)cc3)COC4)cc12. The molecule has 3 heterocycles. The highest BCUT2D eigenvalue weighted by molar-refractivity contribution is 6.30. The molecule has 0 bridgehead atoms. The Kier molecular flexibility index (Phi) is 3.55. The average molecular weight is 366 g/mol. The van der Waals surface area contributed by atoms with Crippen LogP contribution in [0.1, 0.15) is 23.1 Å². The number of ether oxygens (including phenoxy) is 1. The van der Waals surface area contributed by atoms with Crippen molar-refractivity contribution < 1.29 is 4.74 Å². The Balaban J connectivity index is 1.66. The molecule has 1 N–H and O–H groups in total. The van der Waals surface area contributed by atoms with Crippen LogP contribution in [0.15, 0.2) is 42.5 Å². The minimum absolute atomic E-state index is 0.0159. The molecule has 0 radical (unpaired) electrons. The molecular weight excluding hydrogens is 350 g/mol. The largest absolute Gasteiger partial charge is 0.371 e. The highest BCUT2D eigenvalue weighted by Crippen LogP contribution is 2.32. The number of halogens is 1. The topological polar surface area (TPSA) is 68.6 Å². The summed E-state index contributed by atoms with van der Waals surface area (Å²) in [4.78, 5) is 0. The highest BCUT2D eigenvalue weighted by Gasteiger charge is 2.27. The number of benzene rings is 2. The van der Waals surface area contributed by atoms with Crippen molar-refractivity contribution in [1.82, 2.24) is 25.0 Å². The minimum Gasteiger partial charge on any atom is -0.371 e. The minimum atomic E-state index is 0.0159. The quantitative estimate of drug-likeness (QED) is 0.585. The van der Waals surface area contributed by atoms with Gasteiger partial charge in [0.05, 0.1) is 18.2 Å². The molecule has 0 unspecified atom stereocenters. The molecule has 2 aromatic heterocycles. The number of nitrogens with zero attached hydrogens (tertiary/aromatic N) is 4. The first-order valence-corrected chi connectivity index (χ1v) is 8.80. The van der Waals surface area contributed by atoms with Crippen LogP contribution in [0.2, 0.25) is 5.02 Å². The van der Waals surface area contributed by atoms with Gasteiger partial charge in [-0.3, -0.25) is 9.67 Å². The molecule has 0 amide bonds. The molecule has 6 nitrogen and oxygen atoms in total. The number of rotatable bonds is 2. The van der Waals surface area contributed by atoms with E-state index in [0.717, 1.165) is 44.4 Å². The van der Waals surface area contributed by atoms with Crippen LogP contribution < -0.4 is 0 Å². The molecule has 130 valence electrons. The van der Waals surface area contributed by atoms with Crippen molar-refractivity contribution in [2.24, 2.45) is 0 Å². The van der Waals surface area contributed by atoms with Crippen LogP contribution in [0.25, 0.3) is 22.3 Å². The Morgan fingerprint density at radius 2 is 2.00 bits per heavy atom. The summed E-state index contributed by atoms with van der Waals surface area (Å²) in [7, 11) is 0. The van der Waals surface area contributed by atoms with Crippen molar-refractivity contribution in [3.05, 3.63) is 64.6 Å². The Morgan fingerprint density at radius 3 is 2.85 bits per heavy atom. The molecule has 7 heteroatoms. The number of aryl methyl sites for hydroxylation is 1. The van der Waals surface area contributed by atoms with E-state index in [1.54, 1.807) is 0 Å². The number of aromatic amines is 1. The summed E-state index contributed by atoms with van der Waals surface area (Å²) in [5.41, 5.74) is 4.12. The van der Waals surface area contributed by atoms with Crippen LogP contribution in [-0.4, -0.2) is 31.6 Å². The van der Waals surface area contributed by atoms with E-state index >= 15 is 0 Å². The van der Waals surface area contributed by atoms with E-state index in [0.29, 0.717) is 13.2 Å². The summed E-state index contributed by atoms with van der Waals surface area (Å²) in [6.45, 7) is 3.06. The van der Waals surface area contributed by atoms with E-state index < -0.39 is 0 Å². The van der Waals surface area contributed by atoms with Gasteiger partial charge in [0.2, 0.25) is 0 Å². The smallest absolute Gasteiger partial charge is 0.164 e. The normalized spacial score (nSPS) is 16.8. The molecule has 2 aromatic carbocycles. The Labute approximate surface area is 154 Å². The Bertz CT molecular complexity index is 1100. The third kappa shape index (κ3) is 2.41. The van der Waals surface area contributed by atoms with Gasteiger partial charge in [-0.15, -0.1) is 10.2 Å². The van der Waals surface area contributed by atoms with Crippen molar-refractivity contribution in [1.29, 1.82) is 0 Å². The number of aromatic nitrogens is 5. The van der Waals surface area contributed by atoms with Gasteiger partial charge in [0, 0.05) is 21.7 Å². The van der Waals surface area contributed by atoms with E-state index in [1.165, 1.54) is 0 Å². The molecule has 1 aliphatic heterocycles. The Hall–Kier alpha value is -2.70. The van der Waals surface area contributed by atoms with E-state index in [1.807, 2.05) is 43.3 Å². The molecule has 4 aromatic rings. The van der Waals surface area contributed by atoms with Gasteiger partial charge in [-0.05, 0) is 42.8 Å². The molecule has 5 rings (SSSR count). The van der Waals surface area contributed by atoms with E-state index in [-0.39, 0.29) is 6.04 Å². The van der Waals surface area contributed by atoms with E-state index in [4.69, 9.17) is 16.3 Å². The zero-order valence-corrected chi connectivity index (χ0v) is 14.9. The first kappa shape index (κ1) is 15.5. The van der Waals surface area contributed by atoms with Crippen molar-refractivity contribution >= 4 is 22.5 Å². The second-order valence-corrected chi connectivity index (χ2v) is 6.91. The third-order valence-corrected chi connectivity index (χ3v) is 5.09. The van der Waals surface area contributed by atoms with Gasteiger partial charge in [-0.1, -0.05) is 23.7 Å². The van der Waals surface area contributed by atoms with Gasteiger partial charge in [-0.2, -0.15) is 5.10 Å². The fourth-order valence-electron chi connectivity index (χ4n) is 3.49. The highest BCUT2D eigenvalue weighted by atomic mass is 35.5. The summed E-state index contributed by atoms with van der Waals surface area (Å²) in [5.74, 6) is 1.67. The van der Waals surface area contributed by atoms with Crippen LogP contribution in [0, 0.1) is 6.92 Å². The zero-order valence-electron chi connectivity index (χ0n) is 14.1. The van der Waals surface area contributed by atoms with Crippen LogP contribution in [-0.2, 0) is 11.3 Å². The molecule has 1 atom stereocenters. The summed E-state index contributed by atoms with van der Waals surface area (Å²) in [5, 5.41) is 17.9. The second kappa shape index (κ2) is 5.93.